The van der Waals surface area contributed by atoms with Crippen LogP contribution in [0.15, 0.2) is 36.5 Å². The van der Waals surface area contributed by atoms with Gasteiger partial charge in [-0.2, -0.15) is 5.10 Å². The summed E-state index contributed by atoms with van der Waals surface area (Å²) in [6.45, 7) is 11.4. The minimum atomic E-state index is -0.268. The summed E-state index contributed by atoms with van der Waals surface area (Å²) in [4.78, 5) is 17.5. The Balaban J connectivity index is 1.71. The SMILES string of the molecule is CCCCOc1nc(C(C)(C)C)ccc1CNC(=O)C(C)c1ccc2[nH]ncc2c1. The van der Waals surface area contributed by atoms with E-state index in [0.29, 0.717) is 19.0 Å². The number of ether oxygens (including phenoxy) is 1. The highest BCUT2D eigenvalue weighted by atomic mass is 16.5. The summed E-state index contributed by atoms with van der Waals surface area (Å²) >= 11 is 0. The highest BCUT2D eigenvalue weighted by Crippen LogP contribution is 2.26. The average molecular weight is 409 g/mol. The van der Waals surface area contributed by atoms with E-state index in [-0.39, 0.29) is 17.2 Å². The topological polar surface area (TPSA) is 79.9 Å². The van der Waals surface area contributed by atoms with Crippen molar-refractivity contribution in [1.29, 1.82) is 0 Å². The van der Waals surface area contributed by atoms with Gasteiger partial charge in [0.05, 0.1) is 24.2 Å². The number of pyridine rings is 1. The Kier molecular flexibility index (Phi) is 6.75. The number of H-pyrrole nitrogens is 1. The van der Waals surface area contributed by atoms with Crippen LogP contribution in [-0.4, -0.2) is 27.7 Å². The molecule has 0 aliphatic carbocycles. The number of amides is 1. The zero-order chi connectivity index (χ0) is 21.7. The first-order valence-corrected chi connectivity index (χ1v) is 10.6. The molecule has 1 atom stereocenters. The predicted molar refractivity (Wildman–Crippen MR) is 120 cm³/mol. The van der Waals surface area contributed by atoms with Crippen molar-refractivity contribution >= 4 is 16.8 Å². The average Bonchev–Trinajstić information content (AvgIpc) is 3.19. The van der Waals surface area contributed by atoms with Crippen LogP contribution >= 0.6 is 0 Å². The number of carbonyl (C=O) groups is 1. The molecule has 0 fully saturated rings. The Morgan fingerprint density at radius 2 is 2.03 bits per heavy atom. The largest absolute Gasteiger partial charge is 0.477 e. The summed E-state index contributed by atoms with van der Waals surface area (Å²) in [7, 11) is 0. The number of benzene rings is 1. The molecule has 0 bridgehead atoms. The van der Waals surface area contributed by atoms with Crippen LogP contribution in [0.3, 0.4) is 0 Å². The second-order valence-electron chi connectivity index (χ2n) is 8.77. The number of unbranched alkanes of at least 4 members (excludes halogenated alkanes) is 1. The molecule has 0 saturated heterocycles. The van der Waals surface area contributed by atoms with Crippen LogP contribution in [0.25, 0.3) is 10.9 Å². The van der Waals surface area contributed by atoms with Crippen LogP contribution in [0.2, 0.25) is 0 Å². The molecule has 30 heavy (non-hydrogen) atoms. The van der Waals surface area contributed by atoms with E-state index in [0.717, 1.165) is 40.6 Å². The number of hydrogen-bond donors (Lipinski definition) is 2. The van der Waals surface area contributed by atoms with Crippen molar-refractivity contribution in [3.63, 3.8) is 0 Å². The Hall–Kier alpha value is -2.89. The molecule has 0 aliphatic heterocycles. The van der Waals surface area contributed by atoms with Gasteiger partial charge >= 0.3 is 0 Å². The first kappa shape index (κ1) is 21.8. The second-order valence-corrected chi connectivity index (χ2v) is 8.77. The highest BCUT2D eigenvalue weighted by Gasteiger charge is 2.20. The molecule has 1 amide bonds. The van der Waals surface area contributed by atoms with Gasteiger partial charge in [-0.15, -0.1) is 0 Å². The first-order chi connectivity index (χ1) is 14.3. The highest BCUT2D eigenvalue weighted by molar-refractivity contribution is 5.86. The molecule has 0 radical (unpaired) electrons. The summed E-state index contributed by atoms with van der Waals surface area (Å²) in [5, 5.41) is 11.0. The van der Waals surface area contributed by atoms with Crippen molar-refractivity contribution in [2.45, 2.75) is 65.3 Å². The molecule has 1 aromatic carbocycles. The smallest absolute Gasteiger partial charge is 0.227 e. The number of hydrogen-bond acceptors (Lipinski definition) is 4. The second kappa shape index (κ2) is 9.28. The maximum atomic E-state index is 12.8. The third kappa shape index (κ3) is 5.17. The number of aromatic amines is 1. The molecule has 2 N–H and O–H groups in total. The summed E-state index contributed by atoms with van der Waals surface area (Å²) < 4.78 is 5.96. The molecular formula is C24H32N4O2. The zero-order valence-corrected chi connectivity index (χ0v) is 18.6. The van der Waals surface area contributed by atoms with Gasteiger partial charge in [-0.1, -0.05) is 46.2 Å². The molecule has 160 valence electrons. The molecule has 3 aromatic rings. The molecule has 0 saturated carbocycles. The minimum Gasteiger partial charge on any atom is -0.477 e. The van der Waals surface area contributed by atoms with E-state index < -0.39 is 0 Å². The quantitative estimate of drug-likeness (QED) is 0.522. The van der Waals surface area contributed by atoms with Gasteiger partial charge in [0.25, 0.3) is 0 Å². The molecular weight excluding hydrogens is 376 g/mol. The van der Waals surface area contributed by atoms with Gasteiger partial charge < -0.3 is 10.1 Å². The van der Waals surface area contributed by atoms with Gasteiger partial charge in [-0.25, -0.2) is 4.98 Å². The van der Waals surface area contributed by atoms with Crippen LogP contribution in [0.5, 0.6) is 5.88 Å². The number of aromatic nitrogens is 3. The van der Waals surface area contributed by atoms with Crippen LogP contribution in [0, 0.1) is 0 Å². The van der Waals surface area contributed by atoms with E-state index in [4.69, 9.17) is 9.72 Å². The first-order valence-electron chi connectivity index (χ1n) is 10.6. The third-order valence-electron chi connectivity index (χ3n) is 5.25. The summed E-state index contributed by atoms with van der Waals surface area (Å²) in [5.74, 6) is 0.316. The summed E-state index contributed by atoms with van der Waals surface area (Å²) in [6, 6.07) is 9.95. The fraction of sp³-hybridized carbons (Fsp3) is 0.458. The number of nitrogens with one attached hydrogen (secondary N) is 2. The van der Waals surface area contributed by atoms with E-state index in [1.54, 1.807) is 6.20 Å². The van der Waals surface area contributed by atoms with Crippen molar-refractivity contribution in [2.75, 3.05) is 6.61 Å². The van der Waals surface area contributed by atoms with E-state index >= 15 is 0 Å². The van der Waals surface area contributed by atoms with Gasteiger partial charge in [0, 0.05) is 28.6 Å². The zero-order valence-electron chi connectivity index (χ0n) is 18.6. The van der Waals surface area contributed by atoms with Gasteiger partial charge in [0.1, 0.15) is 0 Å². The molecule has 0 spiro atoms. The van der Waals surface area contributed by atoms with Gasteiger partial charge in [0.15, 0.2) is 0 Å². The van der Waals surface area contributed by atoms with Crippen LogP contribution in [-0.2, 0) is 16.8 Å². The normalized spacial score (nSPS) is 12.7. The van der Waals surface area contributed by atoms with Crippen molar-refractivity contribution < 1.29 is 9.53 Å². The lowest BCUT2D eigenvalue weighted by Crippen LogP contribution is -2.28. The third-order valence-corrected chi connectivity index (χ3v) is 5.25. The van der Waals surface area contributed by atoms with E-state index in [1.165, 1.54) is 0 Å². The Morgan fingerprint density at radius 3 is 2.77 bits per heavy atom. The fourth-order valence-electron chi connectivity index (χ4n) is 3.18. The maximum absolute atomic E-state index is 12.8. The van der Waals surface area contributed by atoms with Crippen molar-refractivity contribution in [2.24, 2.45) is 0 Å². The lowest BCUT2D eigenvalue weighted by molar-refractivity contribution is -0.122. The lowest BCUT2D eigenvalue weighted by Gasteiger charge is -2.20. The monoisotopic (exact) mass is 408 g/mol. The number of rotatable bonds is 8. The number of nitrogens with zero attached hydrogens (tertiary/aromatic N) is 2. The maximum Gasteiger partial charge on any atom is 0.227 e. The molecule has 3 rings (SSSR count). The summed E-state index contributed by atoms with van der Waals surface area (Å²) in [6.07, 6.45) is 3.80. The molecule has 1 unspecified atom stereocenters. The van der Waals surface area contributed by atoms with Crippen LogP contribution in [0.4, 0.5) is 0 Å². The Bertz CT molecular complexity index is 1000. The predicted octanol–water partition coefficient (Wildman–Crippen LogP) is 4.85. The fourth-order valence-corrected chi connectivity index (χ4v) is 3.18. The van der Waals surface area contributed by atoms with E-state index in [1.807, 2.05) is 37.3 Å². The van der Waals surface area contributed by atoms with Gasteiger partial charge in [-0.3, -0.25) is 9.89 Å². The van der Waals surface area contributed by atoms with Crippen molar-refractivity contribution in [3.05, 3.63) is 53.3 Å². The molecule has 6 nitrogen and oxygen atoms in total. The van der Waals surface area contributed by atoms with E-state index in [2.05, 4.69) is 43.2 Å². The van der Waals surface area contributed by atoms with Crippen LogP contribution < -0.4 is 10.1 Å². The van der Waals surface area contributed by atoms with Crippen LogP contribution in [0.1, 0.15) is 70.2 Å². The standard InChI is InChI=1S/C24H32N4O2/c1-6-7-12-30-23-18(9-11-21(27-23)24(3,4)5)14-25-22(29)16(2)17-8-10-20-19(13-17)15-26-28-20/h8-11,13,15-16H,6-7,12,14H2,1-5H3,(H,25,29)(H,26,28). The molecule has 2 aromatic heterocycles. The Morgan fingerprint density at radius 1 is 1.23 bits per heavy atom. The molecule has 0 aliphatic rings. The van der Waals surface area contributed by atoms with Crippen molar-refractivity contribution in [1.82, 2.24) is 20.5 Å². The lowest BCUT2D eigenvalue weighted by atomic mass is 9.91. The van der Waals surface area contributed by atoms with Gasteiger partial charge in [-0.05, 0) is 37.1 Å². The Labute approximate surface area is 178 Å². The van der Waals surface area contributed by atoms with E-state index in [9.17, 15) is 4.79 Å². The number of fused-ring (bicyclic) bond motifs is 1. The molecule has 6 heteroatoms. The minimum absolute atomic E-state index is 0.0303. The number of carbonyl (C=O) groups excluding carboxylic acids is 1. The van der Waals surface area contributed by atoms with Crippen molar-refractivity contribution in [3.8, 4) is 5.88 Å². The summed E-state index contributed by atoms with van der Waals surface area (Å²) in [5.41, 5.74) is 3.73. The molecule has 2 heterocycles. The van der Waals surface area contributed by atoms with Gasteiger partial charge in [0.2, 0.25) is 11.8 Å².